The van der Waals surface area contributed by atoms with Crippen molar-refractivity contribution in [3.63, 3.8) is 0 Å². The Hall–Kier alpha value is -6.85. The van der Waals surface area contributed by atoms with Crippen LogP contribution in [0, 0.1) is 0 Å². The number of fused-ring (bicyclic) bond motifs is 10. The van der Waals surface area contributed by atoms with Crippen molar-refractivity contribution >= 4 is 49.7 Å². The lowest BCUT2D eigenvalue weighted by molar-refractivity contribution is 0.700. The minimum absolute atomic E-state index is 0.0548. The molecule has 3 aromatic heterocycles. The van der Waals surface area contributed by atoms with E-state index in [1.54, 1.807) is 0 Å². The molecule has 0 fully saturated rings. The van der Waals surface area contributed by atoms with E-state index in [2.05, 4.69) is 183 Å². The molecule has 1 N–H and O–H groups in total. The maximum Gasteiger partial charge on any atom is 0.0681 e. The van der Waals surface area contributed by atoms with Crippen molar-refractivity contribution in [1.82, 2.24) is 19.4 Å². The van der Waals surface area contributed by atoms with Crippen LogP contribution < -0.4 is 10.2 Å². The van der Waals surface area contributed by atoms with E-state index in [-0.39, 0.29) is 12.0 Å². The molecular formula is C48H35N5. The Morgan fingerprint density at radius 2 is 1.32 bits per heavy atom. The van der Waals surface area contributed by atoms with Crippen LogP contribution in [0.4, 0.5) is 11.4 Å². The van der Waals surface area contributed by atoms with Gasteiger partial charge in [0.15, 0.2) is 0 Å². The molecular weight excluding hydrogens is 647 g/mol. The number of nitrogens with zero attached hydrogens (tertiary/aromatic N) is 4. The number of nitrogens with one attached hydrogen (secondary N) is 1. The highest BCUT2D eigenvalue weighted by Crippen LogP contribution is 2.52. The molecule has 0 saturated heterocycles. The molecule has 0 radical (unpaired) electrons. The van der Waals surface area contributed by atoms with Crippen LogP contribution in [-0.4, -0.2) is 26.7 Å². The van der Waals surface area contributed by atoms with E-state index in [1.165, 1.54) is 60.8 Å². The van der Waals surface area contributed by atoms with Gasteiger partial charge in [-0.2, -0.15) is 0 Å². The van der Waals surface area contributed by atoms with E-state index < -0.39 is 0 Å². The molecule has 5 heterocycles. The van der Waals surface area contributed by atoms with E-state index in [9.17, 15) is 0 Å². The number of hydrogen-bond donors (Lipinski definition) is 1. The summed E-state index contributed by atoms with van der Waals surface area (Å²) in [6.45, 7) is 0.776. The van der Waals surface area contributed by atoms with Gasteiger partial charge in [-0.05, 0) is 84.1 Å². The van der Waals surface area contributed by atoms with Crippen LogP contribution in [0.5, 0.6) is 0 Å². The van der Waals surface area contributed by atoms with Gasteiger partial charge in [-0.3, -0.25) is 4.98 Å². The molecule has 5 aromatic carbocycles. The zero-order valence-corrected chi connectivity index (χ0v) is 29.0. The Morgan fingerprint density at radius 1 is 0.585 bits per heavy atom. The first-order valence-corrected chi connectivity index (χ1v) is 18.3. The fourth-order valence-electron chi connectivity index (χ4n) is 8.91. The molecule has 5 heteroatoms. The summed E-state index contributed by atoms with van der Waals surface area (Å²) >= 11 is 0. The molecule has 0 spiro atoms. The van der Waals surface area contributed by atoms with Gasteiger partial charge >= 0.3 is 0 Å². The van der Waals surface area contributed by atoms with Gasteiger partial charge in [0.1, 0.15) is 0 Å². The number of aromatic nitrogens is 3. The first-order valence-electron chi connectivity index (χ1n) is 18.3. The molecule has 2 aliphatic heterocycles. The number of pyridine rings is 1. The van der Waals surface area contributed by atoms with E-state index in [4.69, 9.17) is 4.98 Å². The highest BCUT2D eigenvalue weighted by atomic mass is 15.2. The maximum absolute atomic E-state index is 5.02. The third-order valence-electron chi connectivity index (χ3n) is 11.2. The average Bonchev–Trinajstić information content (AvgIpc) is 3.71. The van der Waals surface area contributed by atoms with Crippen LogP contribution in [0.25, 0.3) is 60.9 Å². The topological polar surface area (TPSA) is 38.0 Å². The summed E-state index contributed by atoms with van der Waals surface area (Å²) in [5.41, 5.74) is 14.1. The average molecular weight is 682 g/mol. The van der Waals surface area contributed by atoms with Crippen molar-refractivity contribution in [2.75, 3.05) is 11.4 Å². The van der Waals surface area contributed by atoms with Gasteiger partial charge in [0.05, 0.1) is 51.6 Å². The van der Waals surface area contributed by atoms with Gasteiger partial charge in [0, 0.05) is 45.6 Å². The fraction of sp³-hybridized carbons (Fsp3) is 0.0625. The lowest BCUT2D eigenvalue weighted by atomic mass is 9.85. The third kappa shape index (κ3) is 4.54. The first-order chi connectivity index (χ1) is 26.3. The zero-order chi connectivity index (χ0) is 34.9. The monoisotopic (exact) mass is 681 g/mol. The number of allylic oxidation sites excluding steroid dienone is 4. The van der Waals surface area contributed by atoms with Gasteiger partial charge in [0.2, 0.25) is 0 Å². The Labute approximate surface area is 307 Å². The van der Waals surface area contributed by atoms with Crippen molar-refractivity contribution in [2.45, 2.75) is 12.0 Å². The van der Waals surface area contributed by atoms with E-state index in [0.717, 1.165) is 29.3 Å². The Kier molecular flexibility index (Phi) is 6.68. The first kappa shape index (κ1) is 29.8. The quantitative estimate of drug-likeness (QED) is 0.201. The maximum atomic E-state index is 5.02. The molecule has 2 atom stereocenters. The number of anilines is 2. The molecule has 1 aliphatic carbocycles. The summed E-state index contributed by atoms with van der Waals surface area (Å²) < 4.78 is 4.90. The van der Waals surface area contributed by atoms with E-state index >= 15 is 0 Å². The van der Waals surface area contributed by atoms with Crippen molar-refractivity contribution in [2.24, 2.45) is 0 Å². The normalized spacial score (nSPS) is 17.4. The highest BCUT2D eigenvalue weighted by Gasteiger charge is 2.38. The Morgan fingerprint density at radius 3 is 2.15 bits per heavy atom. The van der Waals surface area contributed by atoms with Gasteiger partial charge in [-0.1, -0.05) is 103 Å². The van der Waals surface area contributed by atoms with Gasteiger partial charge < -0.3 is 19.4 Å². The largest absolute Gasteiger partial charge is 0.387 e. The standard InChI is InChI=1S/C48H35N5/c1-2-14-33(15-3-1)51-42-20-8-4-16-36(42)40-29-34(25-27-46(40)51)53-44-22-10-6-18-38(44)47-37-17-5-9-21-43(37)52(45-23-11-7-19-39(45)48(47)53)35-24-26-41(50-31-35)32-13-12-28-49-30-32/h1-29,31,37,43,49H,30H2. The molecule has 53 heavy (non-hydrogen) atoms. The van der Waals surface area contributed by atoms with Gasteiger partial charge in [-0.15, -0.1) is 0 Å². The summed E-state index contributed by atoms with van der Waals surface area (Å²) in [7, 11) is 0. The molecule has 252 valence electrons. The number of hydrogen-bond acceptors (Lipinski definition) is 3. The summed E-state index contributed by atoms with van der Waals surface area (Å²) in [5.74, 6) is 0.104. The molecule has 5 nitrogen and oxygen atoms in total. The third-order valence-corrected chi connectivity index (χ3v) is 11.2. The van der Waals surface area contributed by atoms with Crippen LogP contribution in [0.2, 0.25) is 0 Å². The summed E-state index contributed by atoms with van der Waals surface area (Å²) in [5, 5.41) is 7.08. The SMILES string of the molecule is C1=CNCC(c2ccc(N3c4ccccc4-c4c(c5ccccc5n4-c4ccc5c(c4)c4ccccc4n5-c4ccccc4)C4C=CC=CC43)cn2)=C1. The minimum Gasteiger partial charge on any atom is -0.387 e. The molecule has 0 bridgehead atoms. The molecule has 0 saturated carbocycles. The molecule has 8 aromatic rings. The van der Waals surface area contributed by atoms with Gasteiger partial charge in [0.25, 0.3) is 0 Å². The smallest absolute Gasteiger partial charge is 0.0681 e. The lowest BCUT2D eigenvalue weighted by Gasteiger charge is -2.36. The van der Waals surface area contributed by atoms with Crippen molar-refractivity contribution in [3.8, 4) is 22.6 Å². The minimum atomic E-state index is 0.0548. The van der Waals surface area contributed by atoms with Crippen LogP contribution in [0.1, 0.15) is 17.2 Å². The molecule has 2 unspecified atom stereocenters. The van der Waals surface area contributed by atoms with Crippen molar-refractivity contribution in [1.29, 1.82) is 0 Å². The summed E-state index contributed by atoms with van der Waals surface area (Å²) in [6.07, 6.45) is 17.4. The number of rotatable bonds is 4. The second-order valence-electron chi connectivity index (χ2n) is 14.0. The number of para-hydroxylation sites is 4. The predicted octanol–water partition coefficient (Wildman–Crippen LogP) is 11.0. The van der Waals surface area contributed by atoms with Crippen LogP contribution in [0.15, 0.2) is 182 Å². The summed E-state index contributed by atoms with van der Waals surface area (Å²) in [6, 6.07) is 48.8. The Balaban J connectivity index is 1.16. The van der Waals surface area contributed by atoms with Crippen molar-refractivity contribution < 1.29 is 0 Å². The van der Waals surface area contributed by atoms with Crippen LogP contribution in [0.3, 0.4) is 0 Å². The van der Waals surface area contributed by atoms with E-state index in [1.807, 2.05) is 18.5 Å². The van der Waals surface area contributed by atoms with E-state index in [0.29, 0.717) is 0 Å². The van der Waals surface area contributed by atoms with Crippen LogP contribution >= 0.6 is 0 Å². The van der Waals surface area contributed by atoms with Crippen LogP contribution in [-0.2, 0) is 0 Å². The molecule has 3 aliphatic rings. The fourth-order valence-corrected chi connectivity index (χ4v) is 8.91. The number of benzene rings is 5. The van der Waals surface area contributed by atoms with Crippen molar-refractivity contribution in [3.05, 3.63) is 194 Å². The Bertz CT molecular complexity index is 2850. The second-order valence-corrected chi connectivity index (χ2v) is 14.0. The highest BCUT2D eigenvalue weighted by molar-refractivity contribution is 6.10. The van der Waals surface area contributed by atoms with Gasteiger partial charge in [-0.25, -0.2) is 0 Å². The predicted molar refractivity (Wildman–Crippen MR) is 219 cm³/mol. The molecule has 11 rings (SSSR count). The zero-order valence-electron chi connectivity index (χ0n) is 29.0. The summed E-state index contributed by atoms with van der Waals surface area (Å²) in [4.78, 5) is 7.52. The molecule has 0 amide bonds. The number of dihydropyridines is 1. The lowest BCUT2D eigenvalue weighted by Crippen LogP contribution is -2.34. The second kappa shape index (κ2) is 11.9.